The highest BCUT2D eigenvalue weighted by molar-refractivity contribution is 5.83. The molecule has 3 aromatic rings. The zero-order chi connectivity index (χ0) is 16.4. The quantitative estimate of drug-likeness (QED) is 0.529. The monoisotopic (exact) mass is 298 g/mol. The number of hydrogen-bond donors (Lipinski definition) is 0. The number of hydrogen-bond acceptors (Lipinski definition) is 0. The third kappa shape index (κ3) is 2.98. The summed E-state index contributed by atoms with van der Waals surface area (Å²) in [6.45, 7) is 10.8. The van der Waals surface area contributed by atoms with Crippen LogP contribution in [0.15, 0.2) is 73.3 Å². The van der Waals surface area contributed by atoms with Crippen molar-refractivity contribution in [2.24, 2.45) is 0 Å². The maximum absolute atomic E-state index is 4.36. The molecule has 0 aliphatic rings. The first-order valence-electron chi connectivity index (χ1n) is 8.00. The van der Waals surface area contributed by atoms with E-state index in [1.54, 1.807) is 0 Å². The van der Waals surface area contributed by atoms with Gasteiger partial charge in [-0.3, -0.25) is 0 Å². The van der Waals surface area contributed by atoms with Gasteiger partial charge in [0.2, 0.25) is 0 Å². The van der Waals surface area contributed by atoms with Gasteiger partial charge in [-0.25, -0.2) is 0 Å². The van der Waals surface area contributed by atoms with E-state index in [1.165, 1.54) is 38.9 Å². The second-order valence-corrected chi connectivity index (χ2v) is 6.14. The molecule has 0 saturated carbocycles. The minimum Gasteiger partial charge on any atom is -0.0905 e. The van der Waals surface area contributed by atoms with Gasteiger partial charge in [0.15, 0.2) is 0 Å². The average molecular weight is 298 g/mol. The minimum atomic E-state index is 1.10. The highest BCUT2D eigenvalue weighted by Crippen LogP contribution is 2.32. The average Bonchev–Trinajstić information content (AvgIpc) is 2.57. The molecule has 23 heavy (non-hydrogen) atoms. The first kappa shape index (κ1) is 15.3. The highest BCUT2D eigenvalue weighted by Gasteiger charge is 2.11. The summed E-state index contributed by atoms with van der Waals surface area (Å²) in [4.78, 5) is 0. The lowest BCUT2D eigenvalue weighted by atomic mass is 9.88. The Morgan fingerprint density at radius 1 is 0.652 bits per heavy atom. The number of benzene rings is 3. The standard InChI is InChI=1S/C23H22/c1-16-10-8-9-13-21(16)19(4)22-14-18(3)23(15-17(22)2)20-11-6-5-7-12-20/h5-15H,4H2,1-3H3. The van der Waals surface area contributed by atoms with Crippen LogP contribution in [0.2, 0.25) is 0 Å². The smallest absolute Gasteiger partial charge is 0.0152 e. The Morgan fingerprint density at radius 3 is 2.00 bits per heavy atom. The molecule has 0 spiro atoms. The molecule has 0 unspecified atom stereocenters. The molecule has 0 aliphatic carbocycles. The van der Waals surface area contributed by atoms with E-state index in [0.29, 0.717) is 0 Å². The van der Waals surface area contributed by atoms with Crippen LogP contribution >= 0.6 is 0 Å². The van der Waals surface area contributed by atoms with Gasteiger partial charge in [0.1, 0.15) is 0 Å². The summed E-state index contributed by atoms with van der Waals surface area (Å²) in [5.74, 6) is 0. The molecule has 0 heteroatoms. The highest BCUT2D eigenvalue weighted by atomic mass is 14.2. The van der Waals surface area contributed by atoms with Crippen LogP contribution in [0.25, 0.3) is 16.7 Å². The van der Waals surface area contributed by atoms with Gasteiger partial charge in [-0.05, 0) is 65.3 Å². The summed E-state index contributed by atoms with van der Waals surface area (Å²) in [7, 11) is 0. The summed E-state index contributed by atoms with van der Waals surface area (Å²) in [6.07, 6.45) is 0. The fraction of sp³-hybridized carbons (Fsp3) is 0.130. The van der Waals surface area contributed by atoms with Crippen molar-refractivity contribution in [3.8, 4) is 11.1 Å². The van der Waals surface area contributed by atoms with Gasteiger partial charge < -0.3 is 0 Å². The molecule has 0 amide bonds. The molecular formula is C23H22. The molecule has 0 saturated heterocycles. The fourth-order valence-electron chi connectivity index (χ4n) is 3.13. The van der Waals surface area contributed by atoms with Crippen molar-refractivity contribution in [2.75, 3.05) is 0 Å². The zero-order valence-electron chi connectivity index (χ0n) is 14.1. The van der Waals surface area contributed by atoms with Crippen LogP contribution < -0.4 is 0 Å². The van der Waals surface area contributed by atoms with Crippen molar-refractivity contribution < 1.29 is 0 Å². The van der Waals surface area contributed by atoms with Crippen LogP contribution in [-0.2, 0) is 0 Å². The fourth-order valence-corrected chi connectivity index (χ4v) is 3.13. The lowest BCUT2D eigenvalue weighted by Gasteiger charge is -2.16. The Kier molecular flexibility index (Phi) is 4.16. The van der Waals surface area contributed by atoms with E-state index < -0.39 is 0 Å². The second-order valence-electron chi connectivity index (χ2n) is 6.14. The molecule has 3 aromatic carbocycles. The summed E-state index contributed by atoms with van der Waals surface area (Å²) in [5.41, 5.74) is 9.93. The van der Waals surface area contributed by atoms with E-state index in [2.05, 4.69) is 94.1 Å². The normalized spacial score (nSPS) is 10.6. The van der Waals surface area contributed by atoms with Crippen molar-refractivity contribution in [3.05, 3.63) is 101 Å². The first-order valence-corrected chi connectivity index (χ1v) is 8.00. The SMILES string of the molecule is C=C(c1ccccc1C)c1cc(C)c(-c2ccccc2)cc1C. The Balaban J connectivity index is 2.08. The van der Waals surface area contributed by atoms with Crippen molar-refractivity contribution in [1.29, 1.82) is 0 Å². The van der Waals surface area contributed by atoms with Crippen LogP contribution in [0.1, 0.15) is 27.8 Å². The Hall–Kier alpha value is -2.60. The van der Waals surface area contributed by atoms with E-state index in [1.807, 2.05) is 0 Å². The van der Waals surface area contributed by atoms with Crippen molar-refractivity contribution in [1.82, 2.24) is 0 Å². The van der Waals surface area contributed by atoms with E-state index in [4.69, 9.17) is 0 Å². The zero-order valence-corrected chi connectivity index (χ0v) is 14.1. The van der Waals surface area contributed by atoms with Gasteiger partial charge in [-0.15, -0.1) is 0 Å². The molecule has 0 fully saturated rings. The maximum atomic E-state index is 4.36. The molecule has 0 heterocycles. The molecule has 0 atom stereocenters. The first-order chi connectivity index (χ1) is 11.1. The molecule has 0 aliphatic heterocycles. The van der Waals surface area contributed by atoms with E-state index in [-0.39, 0.29) is 0 Å². The van der Waals surface area contributed by atoms with Gasteiger partial charge in [0.05, 0.1) is 0 Å². The summed E-state index contributed by atoms with van der Waals surface area (Å²) < 4.78 is 0. The van der Waals surface area contributed by atoms with E-state index >= 15 is 0 Å². The molecule has 0 bridgehead atoms. The van der Waals surface area contributed by atoms with Crippen LogP contribution in [0.5, 0.6) is 0 Å². The van der Waals surface area contributed by atoms with Crippen molar-refractivity contribution in [3.63, 3.8) is 0 Å². The predicted octanol–water partition coefficient (Wildman–Crippen LogP) is 6.34. The third-order valence-corrected chi connectivity index (χ3v) is 4.45. The molecule has 0 nitrogen and oxygen atoms in total. The van der Waals surface area contributed by atoms with Crippen LogP contribution in [0.4, 0.5) is 0 Å². The molecule has 0 aromatic heterocycles. The summed E-state index contributed by atoms with van der Waals surface area (Å²) >= 11 is 0. The van der Waals surface area contributed by atoms with E-state index in [0.717, 1.165) is 5.57 Å². The Bertz CT molecular complexity index is 854. The van der Waals surface area contributed by atoms with Crippen molar-refractivity contribution in [2.45, 2.75) is 20.8 Å². The van der Waals surface area contributed by atoms with Gasteiger partial charge in [-0.1, -0.05) is 73.3 Å². The lowest BCUT2D eigenvalue weighted by Crippen LogP contribution is -1.95. The van der Waals surface area contributed by atoms with Crippen LogP contribution in [-0.4, -0.2) is 0 Å². The van der Waals surface area contributed by atoms with E-state index in [9.17, 15) is 0 Å². The largest absolute Gasteiger partial charge is 0.0905 e. The van der Waals surface area contributed by atoms with Gasteiger partial charge in [-0.2, -0.15) is 0 Å². The predicted molar refractivity (Wildman–Crippen MR) is 101 cm³/mol. The molecular weight excluding hydrogens is 276 g/mol. The second kappa shape index (κ2) is 6.26. The van der Waals surface area contributed by atoms with Crippen molar-refractivity contribution >= 4 is 5.57 Å². The summed E-state index contributed by atoms with van der Waals surface area (Å²) in [5, 5.41) is 0. The Morgan fingerprint density at radius 2 is 1.30 bits per heavy atom. The number of rotatable bonds is 3. The van der Waals surface area contributed by atoms with Gasteiger partial charge in [0.25, 0.3) is 0 Å². The molecule has 0 N–H and O–H groups in total. The van der Waals surface area contributed by atoms with Crippen LogP contribution in [0, 0.1) is 20.8 Å². The Labute approximate surface area is 139 Å². The third-order valence-electron chi connectivity index (χ3n) is 4.45. The summed E-state index contributed by atoms with van der Waals surface area (Å²) in [6, 6.07) is 23.6. The van der Waals surface area contributed by atoms with Crippen LogP contribution in [0.3, 0.4) is 0 Å². The van der Waals surface area contributed by atoms with Gasteiger partial charge in [0, 0.05) is 0 Å². The van der Waals surface area contributed by atoms with Gasteiger partial charge >= 0.3 is 0 Å². The topological polar surface area (TPSA) is 0 Å². The molecule has 114 valence electrons. The maximum Gasteiger partial charge on any atom is -0.0152 e. The number of aryl methyl sites for hydroxylation is 3. The molecule has 3 rings (SSSR count). The molecule has 0 radical (unpaired) electrons. The lowest BCUT2D eigenvalue weighted by molar-refractivity contribution is 1.34. The minimum absolute atomic E-state index is 1.10.